The van der Waals surface area contributed by atoms with Crippen LogP contribution in [0.3, 0.4) is 0 Å². The van der Waals surface area contributed by atoms with Gasteiger partial charge in [-0.2, -0.15) is 0 Å². The van der Waals surface area contributed by atoms with Crippen LogP contribution in [0.2, 0.25) is 0 Å². The van der Waals surface area contributed by atoms with Gasteiger partial charge in [-0.15, -0.1) is 23.1 Å². The maximum Gasteiger partial charge on any atom is 0.223 e. The molecular formula is C23H25N3OS2. The molecule has 29 heavy (non-hydrogen) atoms. The van der Waals surface area contributed by atoms with Crippen LogP contribution in [0, 0.1) is 0 Å². The van der Waals surface area contributed by atoms with Gasteiger partial charge in [0.15, 0.2) is 0 Å². The fourth-order valence-electron chi connectivity index (χ4n) is 3.40. The minimum Gasteiger partial charge on any atom is -0.340 e. The third kappa shape index (κ3) is 5.69. The number of nitrogens with zero attached hydrogens (tertiary/aromatic N) is 3. The van der Waals surface area contributed by atoms with Gasteiger partial charge in [-0.05, 0) is 12.1 Å². The van der Waals surface area contributed by atoms with Crippen molar-refractivity contribution >= 4 is 29.0 Å². The quantitative estimate of drug-likeness (QED) is 0.519. The van der Waals surface area contributed by atoms with E-state index < -0.39 is 0 Å². The molecule has 1 amide bonds. The van der Waals surface area contributed by atoms with Crippen LogP contribution in [0.1, 0.15) is 11.4 Å². The number of thiazole rings is 1. The Kier molecular flexibility index (Phi) is 6.98. The van der Waals surface area contributed by atoms with Crippen molar-refractivity contribution in [2.45, 2.75) is 17.9 Å². The summed E-state index contributed by atoms with van der Waals surface area (Å²) >= 11 is 3.47. The lowest BCUT2D eigenvalue weighted by Crippen LogP contribution is -2.48. The maximum absolute atomic E-state index is 12.5. The molecule has 4 nitrogen and oxygen atoms in total. The molecule has 0 bridgehead atoms. The summed E-state index contributed by atoms with van der Waals surface area (Å²) in [5.74, 6) is 1.11. The van der Waals surface area contributed by atoms with Crippen molar-refractivity contribution in [2.75, 3.05) is 31.9 Å². The number of piperazine rings is 1. The van der Waals surface area contributed by atoms with Crippen molar-refractivity contribution in [1.29, 1.82) is 0 Å². The van der Waals surface area contributed by atoms with E-state index in [1.54, 1.807) is 23.1 Å². The molecule has 0 saturated carbocycles. The molecule has 2 aromatic carbocycles. The number of hydrogen-bond acceptors (Lipinski definition) is 5. The highest BCUT2D eigenvalue weighted by atomic mass is 32.2. The van der Waals surface area contributed by atoms with Crippen LogP contribution in [0.25, 0.3) is 11.3 Å². The number of thioether (sulfide) groups is 1. The Labute approximate surface area is 180 Å². The summed E-state index contributed by atoms with van der Waals surface area (Å²) in [6, 6.07) is 20.6. The van der Waals surface area contributed by atoms with Gasteiger partial charge >= 0.3 is 0 Å². The summed E-state index contributed by atoms with van der Waals surface area (Å²) in [6.45, 7) is 4.32. The van der Waals surface area contributed by atoms with Gasteiger partial charge in [0.1, 0.15) is 5.01 Å². The Bertz CT molecular complexity index is 906. The average molecular weight is 424 g/mol. The molecule has 1 aromatic heterocycles. The Balaban J connectivity index is 1.20. The average Bonchev–Trinajstić information content (AvgIpc) is 3.24. The summed E-state index contributed by atoms with van der Waals surface area (Å²) < 4.78 is 0. The van der Waals surface area contributed by atoms with E-state index in [0.717, 1.165) is 49.2 Å². The van der Waals surface area contributed by atoms with E-state index in [4.69, 9.17) is 4.98 Å². The first kappa shape index (κ1) is 20.1. The van der Waals surface area contributed by atoms with E-state index in [2.05, 4.69) is 34.5 Å². The first-order valence-corrected chi connectivity index (χ1v) is 11.8. The summed E-state index contributed by atoms with van der Waals surface area (Å²) in [7, 11) is 0. The van der Waals surface area contributed by atoms with Crippen LogP contribution in [0.5, 0.6) is 0 Å². The molecule has 1 aliphatic rings. The molecule has 2 heterocycles. The van der Waals surface area contributed by atoms with Gasteiger partial charge in [0.05, 0.1) is 12.2 Å². The number of aromatic nitrogens is 1. The Morgan fingerprint density at radius 2 is 1.66 bits per heavy atom. The van der Waals surface area contributed by atoms with Gasteiger partial charge in [-0.3, -0.25) is 9.69 Å². The molecule has 1 fully saturated rings. The molecule has 3 aromatic rings. The molecule has 6 heteroatoms. The van der Waals surface area contributed by atoms with Crippen molar-refractivity contribution < 1.29 is 4.79 Å². The molecule has 0 aliphatic carbocycles. The van der Waals surface area contributed by atoms with Crippen molar-refractivity contribution in [1.82, 2.24) is 14.8 Å². The predicted molar refractivity (Wildman–Crippen MR) is 121 cm³/mol. The Morgan fingerprint density at radius 3 is 2.38 bits per heavy atom. The van der Waals surface area contributed by atoms with E-state index in [0.29, 0.717) is 6.42 Å². The van der Waals surface area contributed by atoms with Crippen LogP contribution in [0.4, 0.5) is 0 Å². The van der Waals surface area contributed by atoms with Crippen molar-refractivity contribution in [3.05, 3.63) is 71.1 Å². The van der Waals surface area contributed by atoms with Crippen LogP contribution < -0.4 is 0 Å². The third-order valence-electron chi connectivity index (χ3n) is 5.03. The lowest BCUT2D eigenvalue weighted by atomic mass is 10.2. The minimum atomic E-state index is 0.272. The highest BCUT2D eigenvalue weighted by Gasteiger charge is 2.21. The van der Waals surface area contributed by atoms with Crippen LogP contribution in [-0.4, -0.2) is 52.6 Å². The number of carbonyl (C=O) groups excluding carboxylic acids is 1. The molecule has 0 atom stereocenters. The van der Waals surface area contributed by atoms with Crippen molar-refractivity contribution in [3.63, 3.8) is 0 Å². The zero-order chi connectivity index (χ0) is 19.9. The molecular weight excluding hydrogens is 398 g/mol. The number of rotatable bonds is 7. The number of hydrogen-bond donors (Lipinski definition) is 0. The highest BCUT2D eigenvalue weighted by molar-refractivity contribution is 7.99. The van der Waals surface area contributed by atoms with Crippen molar-refractivity contribution in [2.24, 2.45) is 0 Å². The molecule has 0 radical (unpaired) electrons. The monoisotopic (exact) mass is 423 g/mol. The molecule has 0 unspecified atom stereocenters. The minimum absolute atomic E-state index is 0.272. The second-order valence-electron chi connectivity index (χ2n) is 7.06. The summed E-state index contributed by atoms with van der Waals surface area (Å²) in [5, 5.41) is 3.28. The number of benzene rings is 2. The van der Waals surface area contributed by atoms with Crippen LogP contribution in [-0.2, 0) is 11.3 Å². The van der Waals surface area contributed by atoms with E-state index in [1.807, 2.05) is 41.3 Å². The van der Waals surface area contributed by atoms with Gasteiger partial charge in [-0.1, -0.05) is 48.5 Å². The van der Waals surface area contributed by atoms with Gasteiger partial charge in [0.2, 0.25) is 5.91 Å². The lowest BCUT2D eigenvalue weighted by Gasteiger charge is -2.34. The molecule has 0 spiro atoms. The molecule has 1 aliphatic heterocycles. The van der Waals surface area contributed by atoms with E-state index in [1.165, 1.54) is 10.5 Å². The third-order valence-corrected chi connectivity index (χ3v) is 6.88. The summed E-state index contributed by atoms with van der Waals surface area (Å²) in [5.41, 5.74) is 2.22. The summed E-state index contributed by atoms with van der Waals surface area (Å²) in [4.78, 5) is 22.9. The number of carbonyl (C=O) groups is 1. The van der Waals surface area contributed by atoms with Gasteiger partial charge < -0.3 is 4.90 Å². The van der Waals surface area contributed by atoms with Gasteiger partial charge in [0, 0.05) is 54.2 Å². The largest absolute Gasteiger partial charge is 0.340 e. The van der Waals surface area contributed by atoms with Crippen molar-refractivity contribution in [3.8, 4) is 11.3 Å². The molecule has 0 N–H and O–H groups in total. The second-order valence-corrected chi connectivity index (χ2v) is 9.17. The standard InChI is InChI=1S/C23H25N3OS2/c27-23(11-16-28-20-9-5-2-6-10-20)26-14-12-25(13-15-26)17-22-24-21(18-29-22)19-7-3-1-4-8-19/h1-10,18H,11-17H2. The normalized spacial score (nSPS) is 14.8. The molecule has 150 valence electrons. The summed E-state index contributed by atoms with van der Waals surface area (Å²) in [6.07, 6.45) is 0.604. The molecule has 1 saturated heterocycles. The smallest absolute Gasteiger partial charge is 0.223 e. The predicted octanol–water partition coefficient (Wildman–Crippen LogP) is 4.64. The van der Waals surface area contributed by atoms with E-state index >= 15 is 0 Å². The molecule has 4 rings (SSSR count). The Morgan fingerprint density at radius 1 is 0.966 bits per heavy atom. The Hall–Kier alpha value is -2.15. The number of amides is 1. The van der Waals surface area contributed by atoms with Crippen LogP contribution >= 0.6 is 23.1 Å². The first-order valence-electron chi connectivity index (χ1n) is 9.96. The van der Waals surface area contributed by atoms with E-state index in [-0.39, 0.29) is 5.91 Å². The van der Waals surface area contributed by atoms with Crippen LogP contribution in [0.15, 0.2) is 70.9 Å². The fraction of sp³-hybridized carbons (Fsp3) is 0.304. The second kappa shape index (κ2) is 10.1. The zero-order valence-corrected chi connectivity index (χ0v) is 18.0. The first-order chi connectivity index (χ1) is 14.3. The van der Waals surface area contributed by atoms with Gasteiger partial charge in [-0.25, -0.2) is 4.98 Å². The SMILES string of the molecule is O=C(CCSc1ccccc1)N1CCN(Cc2nc(-c3ccccc3)cs2)CC1. The van der Waals surface area contributed by atoms with E-state index in [9.17, 15) is 4.79 Å². The zero-order valence-electron chi connectivity index (χ0n) is 16.4. The fourth-order valence-corrected chi connectivity index (χ4v) is 5.11. The topological polar surface area (TPSA) is 36.4 Å². The lowest BCUT2D eigenvalue weighted by molar-refractivity contribution is -0.132. The maximum atomic E-state index is 12.5. The highest BCUT2D eigenvalue weighted by Crippen LogP contribution is 2.23. The van der Waals surface area contributed by atoms with Gasteiger partial charge in [0.25, 0.3) is 0 Å².